The van der Waals surface area contributed by atoms with E-state index in [1.807, 2.05) is 13.0 Å². The summed E-state index contributed by atoms with van der Waals surface area (Å²) in [4.78, 5) is 42.3. The molecule has 0 spiro atoms. The average molecular weight is 444 g/mol. The van der Waals surface area contributed by atoms with Crippen molar-refractivity contribution in [3.8, 4) is 22.6 Å². The first-order valence-corrected chi connectivity index (χ1v) is 11.0. The standard InChI is InChI=1S/C24H24N6O3/c1-14-19(11-18(12-27-14)28-24(32)17-6-9-33-13-17)20-5-8-26-22(29-20)16-4-7-25-21(10-16)30-23(31)15-2-3-15/h4-5,7-8,10-12,15,17H,2-3,6,9,13H2,1H3,(H,28,32)(H,25,30,31). The van der Waals surface area contributed by atoms with Gasteiger partial charge in [0.05, 0.1) is 30.1 Å². The molecule has 5 rings (SSSR count). The highest BCUT2D eigenvalue weighted by atomic mass is 16.5. The second kappa shape index (κ2) is 9.03. The molecule has 0 radical (unpaired) electrons. The Bertz CT molecular complexity index is 1200. The molecule has 1 saturated heterocycles. The van der Waals surface area contributed by atoms with Crippen LogP contribution in [0.2, 0.25) is 0 Å². The minimum Gasteiger partial charge on any atom is -0.381 e. The lowest BCUT2D eigenvalue weighted by Gasteiger charge is -2.12. The van der Waals surface area contributed by atoms with Gasteiger partial charge in [-0.25, -0.2) is 15.0 Å². The summed E-state index contributed by atoms with van der Waals surface area (Å²) in [6.07, 6.45) is 7.54. The molecule has 168 valence electrons. The quantitative estimate of drug-likeness (QED) is 0.599. The Hall–Kier alpha value is -3.72. The Kier molecular flexibility index (Phi) is 5.78. The second-order valence-electron chi connectivity index (χ2n) is 8.37. The highest BCUT2D eigenvalue weighted by Gasteiger charge is 2.29. The van der Waals surface area contributed by atoms with Crippen LogP contribution in [-0.4, -0.2) is 45.0 Å². The fourth-order valence-corrected chi connectivity index (χ4v) is 3.71. The average Bonchev–Trinajstić information content (AvgIpc) is 3.54. The van der Waals surface area contributed by atoms with Crippen LogP contribution in [0.5, 0.6) is 0 Å². The van der Waals surface area contributed by atoms with E-state index in [2.05, 4.69) is 25.6 Å². The van der Waals surface area contributed by atoms with Gasteiger partial charge in [0, 0.05) is 41.7 Å². The molecule has 2 N–H and O–H groups in total. The van der Waals surface area contributed by atoms with Crippen molar-refractivity contribution < 1.29 is 14.3 Å². The topological polar surface area (TPSA) is 119 Å². The number of ether oxygens (including phenoxy) is 1. The fraction of sp³-hybridized carbons (Fsp3) is 0.333. The van der Waals surface area contributed by atoms with Gasteiger partial charge in [0.15, 0.2) is 5.82 Å². The number of rotatable bonds is 6. The number of amides is 2. The minimum absolute atomic E-state index is 0.000883. The summed E-state index contributed by atoms with van der Waals surface area (Å²) < 4.78 is 5.31. The number of hydrogen-bond acceptors (Lipinski definition) is 7. The van der Waals surface area contributed by atoms with E-state index >= 15 is 0 Å². The molecule has 0 bridgehead atoms. The Morgan fingerprint density at radius 1 is 0.970 bits per heavy atom. The van der Waals surface area contributed by atoms with Crippen molar-refractivity contribution >= 4 is 23.3 Å². The molecule has 1 aliphatic heterocycles. The lowest BCUT2D eigenvalue weighted by molar-refractivity contribution is -0.120. The molecule has 2 fully saturated rings. The smallest absolute Gasteiger partial charge is 0.229 e. The number of nitrogens with one attached hydrogen (secondary N) is 2. The molecule has 1 unspecified atom stereocenters. The summed E-state index contributed by atoms with van der Waals surface area (Å²) in [5.74, 6) is 0.885. The third kappa shape index (κ3) is 4.88. The monoisotopic (exact) mass is 444 g/mol. The number of nitrogens with zero attached hydrogens (tertiary/aromatic N) is 4. The molecule has 1 saturated carbocycles. The van der Waals surface area contributed by atoms with Crippen molar-refractivity contribution in [1.82, 2.24) is 19.9 Å². The number of aryl methyl sites for hydroxylation is 1. The molecular weight excluding hydrogens is 420 g/mol. The summed E-state index contributed by atoms with van der Waals surface area (Å²) in [7, 11) is 0. The predicted octanol–water partition coefficient (Wildman–Crippen LogP) is 3.23. The predicted molar refractivity (Wildman–Crippen MR) is 122 cm³/mol. The first kappa shape index (κ1) is 21.1. The Balaban J connectivity index is 1.38. The van der Waals surface area contributed by atoms with Crippen molar-refractivity contribution in [3.05, 3.63) is 48.5 Å². The number of anilines is 2. The van der Waals surface area contributed by atoms with E-state index in [1.54, 1.807) is 36.8 Å². The normalized spacial score (nSPS) is 17.5. The van der Waals surface area contributed by atoms with Crippen molar-refractivity contribution in [2.45, 2.75) is 26.2 Å². The van der Waals surface area contributed by atoms with Crippen molar-refractivity contribution in [1.29, 1.82) is 0 Å². The van der Waals surface area contributed by atoms with Gasteiger partial charge in [-0.1, -0.05) is 0 Å². The van der Waals surface area contributed by atoms with Crippen molar-refractivity contribution in [2.75, 3.05) is 23.8 Å². The van der Waals surface area contributed by atoms with Gasteiger partial charge >= 0.3 is 0 Å². The SMILES string of the molecule is Cc1ncc(NC(=O)C2CCOC2)cc1-c1ccnc(-c2ccnc(NC(=O)C3CC3)c2)n1. The molecule has 2 amide bonds. The maximum absolute atomic E-state index is 12.5. The molecule has 1 atom stereocenters. The number of hydrogen-bond donors (Lipinski definition) is 2. The van der Waals surface area contributed by atoms with Gasteiger partial charge in [0.2, 0.25) is 11.8 Å². The molecule has 1 aliphatic carbocycles. The van der Waals surface area contributed by atoms with E-state index in [0.717, 1.165) is 36.1 Å². The Labute approximate surface area is 191 Å². The molecule has 9 nitrogen and oxygen atoms in total. The minimum atomic E-state index is -0.137. The summed E-state index contributed by atoms with van der Waals surface area (Å²) in [5, 5.41) is 5.79. The largest absolute Gasteiger partial charge is 0.381 e. The van der Waals surface area contributed by atoms with Gasteiger partial charge in [0.25, 0.3) is 0 Å². The van der Waals surface area contributed by atoms with Crippen LogP contribution in [-0.2, 0) is 14.3 Å². The zero-order chi connectivity index (χ0) is 22.8. The third-order valence-electron chi connectivity index (χ3n) is 5.80. The van der Waals surface area contributed by atoms with E-state index in [-0.39, 0.29) is 23.7 Å². The van der Waals surface area contributed by atoms with E-state index in [0.29, 0.717) is 36.2 Å². The van der Waals surface area contributed by atoms with Crippen LogP contribution < -0.4 is 10.6 Å². The molecule has 9 heteroatoms. The first-order valence-electron chi connectivity index (χ1n) is 11.0. The van der Waals surface area contributed by atoms with Gasteiger partial charge in [-0.2, -0.15) is 0 Å². The first-order chi connectivity index (χ1) is 16.1. The van der Waals surface area contributed by atoms with Crippen LogP contribution in [0, 0.1) is 18.8 Å². The molecule has 3 aromatic heterocycles. The van der Waals surface area contributed by atoms with Gasteiger partial charge in [-0.3, -0.25) is 14.6 Å². The van der Waals surface area contributed by atoms with E-state index in [9.17, 15) is 9.59 Å². The maximum atomic E-state index is 12.5. The molecule has 3 aromatic rings. The number of carbonyl (C=O) groups is 2. The van der Waals surface area contributed by atoms with Crippen LogP contribution in [0.1, 0.15) is 25.0 Å². The van der Waals surface area contributed by atoms with E-state index < -0.39 is 0 Å². The van der Waals surface area contributed by atoms with Crippen LogP contribution in [0.4, 0.5) is 11.5 Å². The second-order valence-corrected chi connectivity index (χ2v) is 8.37. The highest BCUT2D eigenvalue weighted by molar-refractivity contribution is 5.94. The van der Waals surface area contributed by atoms with Crippen LogP contribution >= 0.6 is 0 Å². The molecule has 2 aliphatic rings. The van der Waals surface area contributed by atoms with Crippen molar-refractivity contribution in [2.24, 2.45) is 11.8 Å². The number of pyridine rings is 2. The summed E-state index contributed by atoms with van der Waals surface area (Å²) in [6.45, 7) is 2.95. The third-order valence-corrected chi connectivity index (χ3v) is 5.80. The van der Waals surface area contributed by atoms with Crippen LogP contribution in [0.3, 0.4) is 0 Å². The lowest BCUT2D eigenvalue weighted by atomic mass is 10.1. The zero-order valence-corrected chi connectivity index (χ0v) is 18.2. The van der Waals surface area contributed by atoms with E-state index in [1.165, 1.54) is 0 Å². The molecule has 0 aromatic carbocycles. The highest BCUT2D eigenvalue weighted by Crippen LogP contribution is 2.30. The molecule has 33 heavy (non-hydrogen) atoms. The van der Waals surface area contributed by atoms with Crippen molar-refractivity contribution in [3.63, 3.8) is 0 Å². The number of aromatic nitrogens is 4. The Morgan fingerprint density at radius 3 is 2.58 bits per heavy atom. The van der Waals surface area contributed by atoms with Gasteiger partial charge in [-0.15, -0.1) is 0 Å². The molecular formula is C24H24N6O3. The molecule has 4 heterocycles. The number of carbonyl (C=O) groups excluding carboxylic acids is 2. The fourth-order valence-electron chi connectivity index (χ4n) is 3.71. The lowest BCUT2D eigenvalue weighted by Crippen LogP contribution is -2.23. The summed E-state index contributed by atoms with van der Waals surface area (Å²) in [5.41, 5.74) is 3.63. The van der Waals surface area contributed by atoms with Gasteiger partial charge < -0.3 is 15.4 Å². The Morgan fingerprint density at radius 2 is 1.79 bits per heavy atom. The maximum Gasteiger partial charge on any atom is 0.229 e. The summed E-state index contributed by atoms with van der Waals surface area (Å²) >= 11 is 0. The summed E-state index contributed by atoms with van der Waals surface area (Å²) in [6, 6.07) is 7.25. The van der Waals surface area contributed by atoms with Gasteiger partial charge in [-0.05, 0) is 50.5 Å². The van der Waals surface area contributed by atoms with Gasteiger partial charge in [0.1, 0.15) is 5.82 Å². The zero-order valence-electron chi connectivity index (χ0n) is 18.2. The van der Waals surface area contributed by atoms with Crippen LogP contribution in [0.15, 0.2) is 42.9 Å². The van der Waals surface area contributed by atoms with Crippen LogP contribution in [0.25, 0.3) is 22.6 Å². The van der Waals surface area contributed by atoms with E-state index in [4.69, 9.17) is 9.72 Å².